The molecule has 1 amide bonds. The summed E-state index contributed by atoms with van der Waals surface area (Å²) in [6.07, 6.45) is 4.81. The van der Waals surface area contributed by atoms with Crippen molar-refractivity contribution in [3.05, 3.63) is 46.8 Å². The highest BCUT2D eigenvalue weighted by molar-refractivity contribution is 7.88. The van der Waals surface area contributed by atoms with Gasteiger partial charge in [-0.3, -0.25) is 19.6 Å². The van der Waals surface area contributed by atoms with E-state index in [1.54, 1.807) is 52.3 Å². The lowest BCUT2D eigenvalue weighted by Gasteiger charge is -2.38. The molecule has 1 fully saturated rings. The smallest absolute Gasteiger partial charge is 0.412 e. The molecule has 37 heavy (non-hydrogen) atoms. The van der Waals surface area contributed by atoms with E-state index in [-0.39, 0.29) is 11.6 Å². The molecule has 3 aromatic rings. The molecule has 0 bridgehead atoms. The van der Waals surface area contributed by atoms with Gasteiger partial charge in [0.15, 0.2) is 0 Å². The normalized spacial score (nSPS) is 17.8. The second-order valence-electron chi connectivity index (χ2n) is 10.5. The molecule has 12 heteroatoms. The topological polar surface area (TPSA) is 129 Å². The Morgan fingerprint density at radius 2 is 1.97 bits per heavy atom. The molecule has 1 aliphatic heterocycles. The molecule has 1 aliphatic rings. The van der Waals surface area contributed by atoms with Crippen molar-refractivity contribution in [2.45, 2.75) is 45.8 Å². The maximum atomic E-state index is 13.0. The van der Waals surface area contributed by atoms with E-state index in [1.165, 1.54) is 26.2 Å². The number of hydrogen-bond acceptors (Lipinski definition) is 7. The molecular weight excluding hydrogens is 498 g/mol. The predicted molar refractivity (Wildman–Crippen MR) is 141 cm³/mol. The van der Waals surface area contributed by atoms with Crippen molar-refractivity contribution in [2.75, 3.05) is 30.8 Å². The number of furan rings is 1. The SMILES string of the molecule is C[C@@H]1CN(S(C)(=O)=O)CCN1Cc1cc2c(=O)n(C)cc(-c3ccncc3N(C(=O)O)C(C)(C)C)c2o1. The van der Waals surface area contributed by atoms with E-state index in [2.05, 4.69) is 9.88 Å². The van der Waals surface area contributed by atoms with Gasteiger partial charge in [-0.1, -0.05) is 0 Å². The van der Waals surface area contributed by atoms with Gasteiger partial charge in [0.25, 0.3) is 5.56 Å². The molecule has 0 unspecified atom stereocenters. The molecule has 1 atom stereocenters. The Labute approximate surface area is 216 Å². The van der Waals surface area contributed by atoms with E-state index in [4.69, 9.17) is 4.42 Å². The molecule has 3 aromatic heterocycles. The number of amides is 1. The van der Waals surface area contributed by atoms with Crippen LogP contribution in [0.15, 0.2) is 39.9 Å². The molecule has 0 spiro atoms. The maximum absolute atomic E-state index is 13.0. The maximum Gasteiger partial charge on any atom is 0.412 e. The van der Waals surface area contributed by atoms with E-state index in [9.17, 15) is 23.1 Å². The van der Waals surface area contributed by atoms with Gasteiger partial charge in [-0.25, -0.2) is 13.2 Å². The first-order chi connectivity index (χ1) is 17.2. The Balaban J connectivity index is 1.78. The summed E-state index contributed by atoms with van der Waals surface area (Å²) in [6, 6.07) is 3.39. The minimum absolute atomic E-state index is 0.0401. The zero-order valence-corrected chi connectivity index (χ0v) is 22.7. The number of carbonyl (C=O) groups is 1. The third kappa shape index (κ3) is 5.27. The van der Waals surface area contributed by atoms with E-state index in [0.29, 0.717) is 59.7 Å². The second-order valence-corrected chi connectivity index (χ2v) is 12.5. The highest BCUT2D eigenvalue weighted by Crippen LogP contribution is 2.38. The number of pyridine rings is 2. The fraction of sp³-hybridized carbons (Fsp3) is 0.480. The average molecular weight is 532 g/mol. The Morgan fingerprint density at radius 3 is 2.57 bits per heavy atom. The van der Waals surface area contributed by atoms with Crippen molar-refractivity contribution in [2.24, 2.45) is 7.05 Å². The van der Waals surface area contributed by atoms with Gasteiger partial charge in [-0.2, -0.15) is 4.31 Å². The molecule has 1 N–H and O–H groups in total. The Kier molecular flexibility index (Phi) is 6.95. The van der Waals surface area contributed by atoms with Crippen molar-refractivity contribution in [1.29, 1.82) is 0 Å². The van der Waals surface area contributed by atoms with Crippen LogP contribution in [0.2, 0.25) is 0 Å². The molecule has 0 aromatic carbocycles. The number of aromatic nitrogens is 2. The van der Waals surface area contributed by atoms with Crippen molar-refractivity contribution >= 4 is 32.8 Å². The lowest BCUT2D eigenvalue weighted by Crippen LogP contribution is -2.52. The van der Waals surface area contributed by atoms with Crippen molar-refractivity contribution < 1.29 is 22.7 Å². The molecule has 0 aliphatic carbocycles. The van der Waals surface area contributed by atoms with Crippen LogP contribution in [0.5, 0.6) is 0 Å². The number of carboxylic acid groups (broad SMARTS) is 1. The predicted octanol–water partition coefficient (Wildman–Crippen LogP) is 2.94. The summed E-state index contributed by atoms with van der Waals surface area (Å²) in [5.41, 5.74) is 0.917. The first-order valence-corrected chi connectivity index (χ1v) is 13.8. The average Bonchev–Trinajstić information content (AvgIpc) is 3.20. The van der Waals surface area contributed by atoms with Gasteiger partial charge in [-0.15, -0.1) is 0 Å². The minimum atomic E-state index is -3.26. The first kappa shape index (κ1) is 26.8. The van der Waals surface area contributed by atoms with Gasteiger partial charge in [0, 0.05) is 61.8 Å². The fourth-order valence-electron chi connectivity index (χ4n) is 4.81. The Morgan fingerprint density at radius 1 is 1.27 bits per heavy atom. The zero-order valence-electron chi connectivity index (χ0n) is 21.9. The summed E-state index contributed by atoms with van der Waals surface area (Å²) in [6.45, 7) is 9.05. The highest BCUT2D eigenvalue weighted by atomic mass is 32.2. The van der Waals surface area contributed by atoms with Crippen LogP contribution in [0.4, 0.5) is 10.5 Å². The zero-order chi connectivity index (χ0) is 27.3. The minimum Gasteiger partial charge on any atom is -0.465 e. The highest BCUT2D eigenvalue weighted by Gasteiger charge is 2.32. The monoisotopic (exact) mass is 531 g/mol. The fourth-order valence-corrected chi connectivity index (χ4v) is 5.71. The lowest BCUT2D eigenvalue weighted by atomic mass is 10.0. The molecule has 11 nitrogen and oxygen atoms in total. The third-order valence-corrected chi connectivity index (χ3v) is 7.92. The number of rotatable bonds is 5. The van der Waals surface area contributed by atoms with Gasteiger partial charge >= 0.3 is 6.09 Å². The van der Waals surface area contributed by atoms with Crippen molar-refractivity contribution in [3.8, 4) is 11.1 Å². The number of aryl methyl sites for hydroxylation is 1. The van der Waals surface area contributed by atoms with Gasteiger partial charge in [0.05, 0.1) is 30.1 Å². The Bertz CT molecular complexity index is 1500. The van der Waals surface area contributed by atoms with Crippen LogP contribution in [-0.2, 0) is 23.6 Å². The molecule has 0 radical (unpaired) electrons. The van der Waals surface area contributed by atoms with Crippen LogP contribution in [0.25, 0.3) is 22.1 Å². The van der Waals surface area contributed by atoms with Crippen LogP contribution in [-0.4, -0.2) is 75.8 Å². The lowest BCUT2D eigenvalue weighted by molar-refractivity contribution is 0.115. The summed E-state index contributed by atoms with van der Waals surface area (Å²) in [4.78, 5) is 32.8. The van der Waals surface area contributed by atoms with Gasteiger partial charge in [-0.05, 0) is 39.8 Å². The third-order valence-electron chi connectivity index (χ3n) is 6.65. The van der Waals surface area contributed by atoms with E-state index in [0.717, 1.165) is 0 Å². The summed E-state index contributed by atoms with van der Waals surface area (Å²) in [7, 11) is -1.62. The summed E-state index contributed by atoms with van der Waals surface area (Å²) in [5.74, 6) is 0.570. The standard InChI is InChI=1S/C25H33N5O6S/c1-16-13-29(37(6,34)35)10-9-28(16)14-17-11-19-22(36-17)20(15-27(5)23(19)31)18-7-8-26-12-21(18)30(24(32)33)25(2,3)4/h7-8,11-12,15-16H,9-10,13-14H2,1-6H3,(H,32,33)/t16-/m1/s1. The number of hydrogen-bond donors (Lipinski definition) is 1. The van der Waals surface area contributed by atoms with Crippen molar-refractivity contribution in [1.82, 2.24) is 18.8 Å². The first-order valence-electron chi connectivity index (χ1n) is 12.0. The largest absolute Gasteiger partial charge is 0.465 e. The van der Waals surface area contributed by atoms with Crippen LogP contribution in [0.1, 0.15) is 33.5 Å². The molecule has 4 heterocycles. The van der Waals surface area contributed by atoms with E-state index < -0.39 is 21.7 Å². The molecule has 200 valence electrons. The molecular formula is C25H33N5O6S. The van der Waals surface area contributed by atoms with E-state index >= 15 is 0 Å². The van der Waals surface area contributed by atoms with Gasteiger partial charge < -0.3 is 14.1 Å². The number of sulfonamides is 1. The van der Waals surface area contributed by atoms with Crippen molar-refractivity contribution in [3.63, 3.8) is 0 Å². The summed E-state index contributed by atoms with van der Waals surface area (Å²) in [5, 5.41) is 10.4. The number of anilines is 1. The number of fused-ring (bicyclic) bond motifs is 1. The summed E-state index contributed by atoms with van der Waals surface area (Å²) < 4.78 is 33.0. The second kappa shape index (κ2) is 9.58. The van der Waals surface area contributed by atoms with Gasteiger partial charge in [0.2, 0.25) is 10.0 Å². The summed E-state index contributed by atoms with van der Waals surface area (Å²) >= 11 is 0. The Hall–Kier alpha value is -3.22. The van der Waals surface area contributed by atoms with Gasteiger partial charge in [0.1, 0.15) is 11.3 Å². The van der Waals surface area contributed by atoms with E-state index in [1.807, 2.05) is 6.92 Å². The molecule has 0 saturated carbocycles. The van der Waals surface area contributed by atoms with Crippen LogP contribution in [0.3, 0.4) is 0 Å². The quantitative estimate of drug-likeness (QED) is 0.532. The molecule has 4 rings (SSSR count). The van der Waals surface area contributed by atoms with Crippen LogP contribution < -0.4 is 10.5 Å². The van der Waals surface area contributed by atoms with Crippen LogP contribution in [0, 0.1) is 0 Å². The number of nitrogens with zero attached hydrogens (tertiary/aromatic N) is 5. The van der Waals surface area contributed by atoms with Crippen LogP contribution >= 0.6 is 0 Å². The number of piperazine rings is 1. The molecule has 1 saturated heterocycles.